The van der Waals surface area contributed by atoms with E-state index in [1.165, 1.54) is 37.7 Å². The maximum atomic E-state index is 13.4. The molecule has 4 saturated carbocycles. The molecule has 0 heterocycles. The fourth-order valence-corrected chi connectivity index (χ4v) is 10.8. The van der Waals surface area contributed by atoms with Crippen LogP contribution in [0.5, 0.6) is 0 Å². The van der Waals surface area contributed by atoms with Gasteiger partial charge in [0.15, 0.2) is 0 Å². The fraction of sp³-hybridized carbons (Fsp3) is 0.871. The van der Waals surface area contributed by atoms with E-state index in [0.29, 0.717) is 41.9 Å². The third kappa shape index (κ3) is 3.29. The fourth-order valence-electron chi connectivity index (χ4n) is 10.8. The highest BCUT2D eigenvalue weighted by Crippen LogP contribution is 2.76. The molecule has 9 atom stereocenters. The Hall–Kier alpha value is -1.30. The summed E-state index contributed by atoms with van der Waals surface area (Å²) in [7, 11) is 1.60. The first kappa shape index (κ1) is 25.8. The molecule has 0 radical (unpaired) electrons. The van der Waals surface area contributed by atoms with E-state index in [9.17, 15) is 10.1 Å². The Balaban J connectivity index is 1.78. The zero-order chi connectivity index (χ0) is 25.1. The molecule has 0 aliphatic heterocycles. The van der Waals surface area contributed by atoms with Crippen molar-refractivity contribution >= 4 is 5.97 Å². The van der Waals surface area contributed by atoms with Gasteiger partial charge < -0.3 is 4.74 Å². The Labute approximate surface area is 209 Å². The van der Waals surface area contributed by atoms with Crippen LogP contribution < -0.4 is 0 Å². The Bertz CT molecular complexity index is 871. The van der Waals surface area contributed by atoms with Crippen molar-refractivity contribution in [1.29, 1.82) is 5.26 Å². The molecule has 0 N–H and O–H groups in total. The first-order valence-corrected chi connectivity index (χ1v) is 14.0. The summed E-state index contributed by atoms with van der Waals surface area (Å²) >= 11 is 0. The van der Waals surface area contributed by atoms with Crippen molar-refractivity contribution in [3.05, 3.63) is 12.2 Å². The number of nitriles is 1. The molecule has 4 fully saturated rings. The number of fused-ring (bicyclic) bond motifs is 5. The lowest BCUT2D eigenvalue weighted by Crippen LogP contribution is -2.64. The van der Waals surface area contributed by atoms with Gasteiger partial charge in [-0.1, -0.05) is 46.8 Å². The molecule has 190 valence electrons. The van der Waals surface area contributed by atoms with E-state index < -0.39 is 0 Å². The maximum Gasteiger partial charge on any atom is 0.312 e. The summed E-state index contributed by atoms with van der Waals surface area (Å²) in [5, 5.41) is 9.51. The van der Waals surface area contributed by atoms with Gasteiger partial charge >= 0.3 is 5.97 Å². The summed E-state index contributed by atoms with van der Waals surface area (Å²) in [5.74, 6) is 3.42. The Kier molecular flexibility index (Phi) is 6.58. The zero-order valence-electron chi connectivity index (χ0n) is 23.0. The van der Waals surface area contributed by atoms with E-state index >= 15 is 0 Å². The van der Waals surface area contributed by atoms with Crippen molar-refractivity contribution < 1.29 is 9.53 Å². The van der Waals surface area contributed by atoms with Crippen molar-refractivity contribution in [2.24, 2.45) is 57.2 Å². The van der Waals surface area contributed by atoms with Gasteiger partial charge in [-0.05, 0) is 116 Å². The van der Waals surface area contributed by atoms with Gasteiger partial charge in [0.1, 0.15) is 0 Å². The maximum absolute atomic E-state index is 13.4. The molecule has 0 bridgehead atoms. The Morgan fingerprint density at radius 1 is 1.06 bits per heavy atom. The monoisotopic (exact) mass is 467 g/mol. The SMILES string of the molecule is C=C(C)[C@@H]1CC[C@]2(C)[C@H](CC[C@@H]3[C@@H]4[C@H](C(C)C)CC[C@@]4(C(=O)OC)CC[C@]32C)[C@]1(C)CCC#N. The van der Waals surface area contributed by atoms with E-state index in [-0.39, 0.29) is 27.6 Å². The van der Waals surface area contributed by atoms with Gasteiger partial charge in [0, 0.05) is 6.42 Å². The predicted octanol–water partition coefficient (Wildman–Crippen LogP) is 7.96. The van der Waals surface area contributed by atoms with Crippen LogP contribution in [0.2, 0.25) is 0 Å². The molecule has 0 aromatic carbocycles. The van der Waals surface area contributed by atoms with Crippen LogP contribution in [0.1, 0.15) is 106 Å². The largest absolute Gasteiger partial charge is 0.469 e. The molecule has 0 amide bonds. The van der Waals surface area contributed by atoms with Gasteiger partial charge in [0.05, 0.1) is 18.6 Å². The summed E-state index contributed by atoms with van der Waals surface area (Å²) in [6.45, 7) is 19.1. The molecule has 4 aliphatic carbocycles. The lowest BCUT2D eigenvalue weighted by molar-refractivity contribution is -0.222. The lowest BCUT2D eigenvalue weighted by Gasteiger charge is -2.70. The van der Waals surface area contributed by atoms with Gasteiger partial charge in [-0.25, -0.2) is 0 Å². The number of methoxy groups -OCH3 is 1. The molecule has 4 aliphatic rings. The number of esters is 1. The zero-order valence-corrected chi connectivity index (χ0v) is 23.0. The number of ether oxygens (including phenoxy) is 1. The van der Waals surface area contributed by atoms with Crippen molar-refractivity contribution in [2.45, 2.75) is 106 Å². The topological polar surface area (TPSA) is 50.1 Å². The molecule has 4 rings (SSSR count). The van der Waals surface area contributed by atoms with Crippen LogP contribution in [-0.2, 0) is 9.53 Å². The highest BCUT2D eigenvalue weighted by atomic mass is 16.5. The van der Waals surface area contributed by atoms with Gasteiger partial charge in [0.2, 0.25) is 0 Å². The van der Waals surface area contributed by atoms with Crippen LogP contribution >= 0.6 is 0 Å². The molecule has 0 unspecified atom stereocenters. The Morgan fingerprint density at radius 2 is 1.76 bits per heavy atom. The van der Waals surface area contributed by atoms with Gasteiger partial charge in [-0.15, -0.1) is 0 Å². The average molecular weight is 468 g/mol. The molecule has 3 heteroatoms. The van der Waals surface area contributed by atoms with E-state index in [4.69, 9.17) is 4.74 Å². The summed E-state index contributed by atoms with van der Waals surface area (Å²) in [6, 6.07) is 2.46. The average Bonchev–Trinajstić information content (AvgIpc) is 3.19. The van der Waals surface area contributed by atoms with E-state index in [2.05, 4.69) is 54.2 Å². The number of hydrogen-bond acceptors (Lipinski definition) is 3. The summed E-state index contributed by atoms with van der Waals surface area (Å²) in [6.07, 6.45) is 10.8. The highest BCUT2D eigenvalue weighted by molar-refractivity contribution is 5.78. The van der Waals surface area contributed by atoms with E-state index in [0.717, 1.165) is 25.7 Å². The molecular weight excluding hydrogens is 418 g/mol. The summed E-state index contributed by atoms with van der Waals surface area (Å²) in [4.78, 5) is 13.4. The first-order valence-electron chi connectivity index (χ1n) is 14.0. The number of hydrogen-bond donors (Lipinski definition) is 0. The second-order valence-electron chi connectivity index (χ2n) is 13.8. The second kappa shape index (κ2) is 8.67. The van der Waals surface area contributed by atoms with Crippen LogP contribution in [-0.4, -0.2) is 13.1 Å². The smallest absolute Gasteiger partial charge is 0.312 e. The summed E-state index contributed by atoms with van der Waals surface area (Å²) in [5.41, 5.74) is 1.63. The lowest BCUT2D eigenvalue weighted by atomic mass is 9.34. The molecule has 34 heavy (non-hydrogen) atoms. The van der Waals surface area contributed by atoms with Crippen LogP contribution in [0.4, 0.5) is 0 Å². The minimum atomic E-state index is -0.268. The third-order valence-corrected chi connectivity index (χ3v) is 12.6. The van der Waals surface area contributed by atoms with Crippen molar-refractivity contribution in [1.82, 2.24) is 0 Å². The number of allylic oxidation sites excluding steroid dienone is 1. The second-order valence-corrected chi connectivity index (χ2v) is 13.8. The van der Waals surface area contributed by atoms with Gasteiger partial charge in [-0.2, -0.15) is 5.26 Å². The highest BCUT2D eigenvalue weighted by Gasteiger charge is 2.70. The van der Waals surface area contributed by atoms with Crippen molar-refractivity contribution in [3.8, 4) is 6.07 Å². The molecule has 0 spiro atoms. The molecule has 0 aromatic rings. The van der Waals surface area contributed by atoms with Crippen LogP contribution in [0.3, 0.4) is 0 Å². The van der Waals surface area contributed by atoms with E-state index in [1.807, 2.05) is 0 Å². The molecule has 0 aromatic heterocycles. The minimum absolute atomic E-state index is 0.0693. The molecule has 0 saturated heterocycles. The van der Waals surface area contributed by atoms with E-state index in [1.54, 1.807) is 7.11 Å². The van der Waals surface area contributed by atoms with Gasteiger partial charge in [-0.3, -0.25) is 4.79 Å². The van der Waals surface area contributed by atoms with Crippen molar-refractivity contribution in [3.63, 3.8) is 0 Å². The van der Waals surface area contributed by atoms with Gasteiger partial charge in [0.25, 0.3) is 0 Å². The van der Waals surface area contributed by atoms with Crippen LogP contribution in [0.25, 0.3) is 0 Å². The predicted molar refractivity (Wildman–Crippen MR) is 138 cm³/mol. The molecular formula is C31H49NO2. The van der Waals surface area contributed by atoms with Crippen LogP contribution in [0.15, 0.2) is 12.2 Å². The number of nitrogens with zero attached hydrogens (tertiary/aromatic N) is 1. The summed E-state index contributed by atoms with van der Waals surface area (Å²) < 4.78 is 5.51. The number of carbonyl (C=O) groups excluding carboxylic acids is 1. The minimum Gasteiger partial charge on any atom is -0.469 e. The Morgan fingerprint density at radius 3 is 2.35 bits per heavy atom. The number of rotatable bonds is 5. The quantitative estimate of drug-likeness (QED) is 0.304. The third-order valence-electron chi connectivity index (χ3n) is 12.6. The first-order chi connectivity index (χ1) is 15.9. The normalized spacial score (nSPS) is 47.8. The van der Waals surface area contributed by atoms with Crippen molar-refractivity contribution in [2.75, 3.05) is 7.11 Å². The number of carbonyl (C=O) groups is 1. The van der Waals surface area contributed by atoms with Crippen LogP contribution in [0, 0.1) is 68.5 Å². The molecule has 3 nitrogen and oxygen atoms in total. The standard InChI is InChI=1S/C31H49NO2/c1-20(2)22-12-16-31(27(33)34-8)18-17-29(6)24(26(22)31)10-11-25-28(5,14-9-19-32)23(21(3)4)13-15-30(25,29)7/h20,22-26H,3,9-18H2,1-2,4-8H3/t22-,23-,24+,25+,26-,28+,29+,30+,31+/m0/s1.